The zero-order valence-electron chi connectivity index (χ0n) is 15.0. The van der Waals surface area contributed by atoms with E-state index >= 15 is 0 Å². The van der Waals surface area contributed by atoms with Crippen molar-refractivity contribution < 1.29 is 9.53 Å². The van der Waals surface area contributed by atoms with Crippen molar-refractivity contribution >= 4 is 5.91 Å². The summed E-state index contributed by atoms with van der Waals surface area (Å²) in [6.45, 7) is 6.31. The molecule has 0 aliphatic carbocycles. The van der Waals surface area contributed by atoms with Crippen molar-refractivity contribution in [2.24, 2.45) is 0 Å². The average Bonchev–Trinajstić information content (AvgIpc) is 3.00. The highest BCUT2D eigenvalue weighted by Gasteiger charge is 2.16. The van der Waals surface area contributed by atoms with Gasteiger partial charge in [0.1, 0.15) is 6.33 Å². The average molecular weight is 337 g/mol. The first kappa shape index (κ1) is 18.9. The lowest BCUT2D eigenvalue weighted by Crippen LogP contribution is -2.34. The van der Waals surface area contributed by atoms with Gasteiger partial charge in [-0.3, -0.25) is 4.79 Å². The van der Waals surface area contributed by atoms with E-state index in [0.717, 1.165) is 25.5 Å². The lowest BCUT2D eigenvalue weighted by atomic mass is 10.1. The number of rotatable bonds is 8. The highest BCUT2D eigenvalue weighted by Crippen LogP contribution is 2.12. The summed E-state index contributed by atoms with van der Waals surface area (Å²) in [5, 5.41) is 11.1. The molecule has 1 aromatic heterocycles. The van der Waals surface area contributed by atoms with Crippen LogP contribution in [0.5, 0.6) is 0 Å². The number of ether oxygens (including phenoxy) is 1. The van der Waals surface area contributed by atoms with Gasteiger partial charge in [-0.1, -0.05) is 19.3 Å². The zero-order valence-corrected chi connectivity index (χ0v) is 15.0. The second-order valence-electron chi connectivity index (χ2n) is 6.52. The molecule has 7 nitrogen and oxygen atoms in total. The number of carbonyl (C=O) groups excluding carboxylic acids is 1. The van der Waals surface area contributed by atoms with Gasteiger partial charge >= 0.3 is 0 Å². The smallest absolute Gasteiger partial charge is 0.221 e. The van der Waals surface area contributed by atoms with E-state index in [1.165, 1.54) is 32.1 Å². The van der Waals surface area contributed by atoms with Crippen LogP contribution in [0, 0.1) is 0 Å². The summed E-state index contributed by atoms with van der Waals surface area (Å²) in [5.41, 5.74) is 0. The normalized spacial score (nSPS) is 17.9. The molecule has 1 atom stereocenters. The molecule has 1 aliphatic rings. The lowest BCUT2D eigenvalue weighted by Gasteiger charge is -2.24. The number of amides is 1. The van der Waals surface area contributed by atoms with Crippen molar-refractivity contribution in [1.29, 1.82) is 0 Å². The number of hydrogen-bond donors (Lipinski definition) is 1. The van der Waals surface area contributed by atoms with E-state index < -0.39 is 0 Å². The van der Waals surface area contributed by atoms with Crippen LogP contribution < -0.4 is 5.32 Å². The van der Waals surface area contributed by atoms with Crippen LogP contribution >= 0.6 is 0 Å². The third-order valence-electron chi connectivity index (χ3n) is 4.55. The van der Waals surface area contributed by atoms with Crippen molar-refractivity contribution in [3.8, 4) is 0 Å². The lowest BCUT2D eigenvalue weighted by molar-refractivity contribution is -0.122. The third-order valence-corrected chi connectivity index (χ3v) is 4.55. The van der Waals surface area contributed by atoms with E-state index in [-0.39, 0.29) is 11.9 Å². The third kappa shape index (κ3) is 6.20. The molecule has 0 spiro atoms. The molecule has 2 rings (SSSR count). The van der Waals surface area contributed by atoms with E-state index in [9.17, 15) is 4.79 Å². The SMILES string of the molecule is COCCn1cnnc1[C@H](C)NC(=O)CCN1CCCCCCC1. The first-order valence-electron chi connectivity index (χ1n) is 9.09. The molecule has 136 valence electrons. The van der Waals surface area contributed by atoms with E-state index in [1.54, 1.807) is 13.4 Å². The minimum absolute atomic E-state index is 0.0749. The predicted molar refractivity (Wildman–Crippen MR) is 92.6 cm³/mol. The summed E-state index contributed by atoms with van der Waals surface area (Å²) in [4.78, 5) is 14.7. The second kappa shape index (κ2) is 10.4. The molecule has 1 aliphatic heterocycles. The molecule has 0 bridgehead atoms. The second-order valence-corrected chi connectivity index (χ2v) is 6.52. The van der Waals surface area contributed by atoms with Gasteiger partial charge in [0.2, 0.25) is 5.91 Å². The van der Waals surface area contributed by atoms with Crippen LogP contribution in [0.25, 0.3) is 0 Å². The largest absolute Gasteiger partial charge is 0.383 e. The summed E-state index contributed by atoms with van der Waals surface area (Å²) >= 11 is 0. The van der Waals surface area contributed by atoms with Crippen molar-refractivity contribution in [1.82, 2.24) is 25.0 Å². The summed E-state index contributed by atoms with van der Waals surface area (Å²) in [5.74, 6) is 0.845. The Morgan fingerprint density at radius 1 is 1.25 bits per heavy atom. The molecule has 2 heterocycles. The molecule has 1 N–H and O–H groups in total. The zero-order chi connectivity index (χ0) is 17.2. The molecule has 7 heteroatoms. The fraction of sp³-hybridized carbons (Fsp3) is 0.824. The quantitative estimate of drug-likeness (QED) is 0.782. The number of hydrogen-bond acceptors (Lipinski definition) is 5. The number of carbonyl (C=O) groups is 1. The first-order chi connectivity index (χ1) is 11.7. The Morgan fingerprint density at radius 3 is 2.67 bits per heavy atom. The molecule has 1 aromatic rings. The topological polar surface area (TPSA) is 72.3 Å². The number of aromatic nitrogens is 3. The van der Waals surface area contributed by atoms with Crippen LogP contribution in [0.1, 0.15) is 57.3 Å². The van der Waals surface area contributed by atoms with Crippen LogP contribution in [0.3, 0.4) is 0 Å². The van der Waals surface area contributed by atoms with Crippen LogP contribution in [0.4, 0.5) is 0 Å². The molecule has 0 aromatic carbocycles. The van der Waals surface area contributed by atoms with E-state index in [2.05, 4.69) is 20.4 Å². The molecule has 0 saturated carbocycles. The van der Waals surface area contributed by atoms with Crippen LogP contribution in [-0.4, -0.2) is 58.9 Å². The molecule has 1 amide bonds. The van der Waals surface area contributed by atoms with Gasteiger partial charge in [-0.15, -0.1) is 10.2 Å². The van der Waals surface area contributed by atoms with Crippen LogP contribution in [-0.2, 0) is 16.1 Å². The Labute approximate surface area is 144 Å². The van der Waals surface area contributed by atoms with E-state index in [4.69, 9.17) is 4.74 Å². The summed E-state index contributed by atoms with van der Waals surface area (Å²) in [7, 11) is 1.67. The summed E-state index contributed by atoms with van der Waals surface area (Å²) in [6.07, 6.45) is 8.71. The van der Waals surface area contributed by atoms with E-state index in [1.807, 2.05) is 11.5 Å². The molecule has 1 saturated heterocycles. The molecular formula is C17H31N5O2. The highest BCUT2D eigenvalue weighted by molar-refractivity contribution is 5.76. The Balaban J connectivity index is 1.75. The van der Waals surface area contributed by atoms with Gasteiger partial charge in [-0.25, -0.2) is 0 Å². The van der Waals surface area contributed by atoms with Crippen LogP contribution in [0.15, 0.2) is 6.33 Å². The minimum atomic E-state index is -0.149. The van der Waals surface area contributed by atoms with Gasteiger partial charge in [0.05, 0.1) is 12.6 Å². The van der Waals surface area contributed by atoms with Gasteiger partial charge in [-0.05, 0) is 32.9 Å². The Bertz CT molecular complexity index is 483. The van der Waals surface area contributed by atoms with Gasteiger partial charge in [0.15, 0.2) is 5.82 Å². The molecule has 0 unspecified atom stereocenters. The fourth-order valence-corrected chi connectivity index (χ4v) is 3.14. The maximum absolute atomic E-state index is 12.3. The summed E-state index contributed by atoms with van der Waals surface area (Å²) < 4.78 is 7.01. The Kier molecular flexibility index (Phi) is 8.18. The summed E-state index contributed by atoms with van der Waals surface area (Å²) in [6, 6.07) is -0.149. The van der Waals surface area contributed by atoms with E-state index in [0.29, 0.717) is 19.6 Å². The number of likely N-dealkylation sites (tertiary alicyclic amines) is 1. The van der Waals surface area contributed by atoms with Crippen LogP contribution in [0.2, 0.25) is 0 Å². The van der Waals surface area contributed by atoms with Gasteiger partial charge in [0, 0.05) is 26.6 Å². The predicted octanol–water partition coefficient (Wildman–Crippen LogP) is 1.76. The first-order valence-corrected chi connectivity index (χ1v) is 9.09. The number of nitrogens with zero attached hydrogens (tertiary/aromatic N) is 4. The number of nitrogens with one attached hydrogen (secondary N) is 1. The monoisotopic (exact) mass is 337 g/mol. The molecule has 24 heavy (non-hydrogen) atoms. The highest BCUT2D eigenvalue weighted by atomic mass is 16.5. The molecule has 0 radical (unpaired) electrons. The van der Waals surface area contributed by atoms with Crippen molar-refractivity contribution in [3.63, 3.8) is 0 Å². The van der Waals surface area contributed by atoms with Crippen molar-refractivity contribution in [3.05, 3.63) is 12.2 Å². The molecular weight excluding hydrogens is 306 g/mol. The molecule has 1 fully saturated rings. The van der Waals surface area contributed by atoms with Gasteiger partial charge in [0.25, 0.3) is 0 Å². The van der Waals surface area contributed by atoms with Gasteiger partial charge in [-0.2, -0.15) is 0 Å². The van der Waals surface area contributed by atoms with Gasteiger partial charge < -0.3 is 19.5 Å². The maximum Gasteiger partial charge on any atom is 0.221 e. The van der Waals surface area contributed by atoms with Crippen molar-refractivity contribution in [2.45, 2.75) is 58.0 Å². The standard InChI is InChI=1S/C17H31N5O2/c1-15(17-20-18-14-22(17)12-13-24-2)19-16(23)8-11-21-9-6-4-3-5-7-10-21/h14-15H,3-13H2,1-2H3,(H,19,23)/t15-/m0/s1. The van der Waals surface area contributed by atoms with Crippen molar-refractivity contribution in [2.75, 3.05) is 33.4 Å². The number of methoxy groups -OCH3 is 1. The Morgan fingerprint density at radius 2 is 1.96 bits per heavy atom. The Hall–Kier alpha value is -1.47. The minimum Gasteiger partial charge on any atom is -0.383 e. The fourth-order valence-electron chi connectivity index (χ4n) is 3.14. The maximum atomic E-state index is 12.3.